The largest absolute Gasteiger partial charge is 0.385 e. The first-order valence-electron chi connectivity index (χ1n) is 5.69. The molecule has 1 unspecified atom stereocenters. The number of likely N-dealkylation sites (N-methyl/N-ethyl adjacent to an activating group) is 1. The van der Waals surface area contributed by atoms with Crippen molar-refractivity contribution in [2.24, 2.45) is 5.73 Å². The van der Waals surface area contributed by atoms with Gasteiger partial charge in [-0.1, -0.05) is 0 Å². The highest BCUT2D eigenvalue weighted by Crippen LogP contribution is 1.98. The van der Waals surface area contributed by atoms with Gasteiger partial charge in [0.15, 0.2) is 0 Å². The Balaban J connectivity index is 3.26. The lowest BCUT2D eigenvalue weighted by Gasteiger charge is -2.23. The number of rotatable bonds is 10. The Morgan fingerprint density at radius 3 is 2.60 bits per heavy atom. The van der Waals surface area contributed by atoms with Crippen LogP contribution in [0.3, 0.4) is 0 Å². The Morgan fingerprint density at radius 1 is 1.27 bits per heavy atom. The van der Waals surface area contributed by atoms with Gasteiger partial charge in [0.1, 0.15) is 0 Å². The second-order valence-electron chi connectivity index (χ2n) is 3.87. The van der Waals surface area contributed by atoms with Gasteiger partial charge in [0, 0.05) is 32.9 Å². The molecule has 0 saturated heterocycles. The first kappa shape index (κ1) is 14.8. The lowest BCUT2D eigenvalue weighted by molar-refractivity contribution is 0.0812. The minimum atomic E-state index is 0.539. The lowest BCUT2D eigenvalue weighted by Crippen LogP contribution is -2.33. The van der Waals surface area contributed by atoms with Crippen LogP contribution in [-0.2, 0) is 9.47 Å². The van der Waals surface area contributed by atoms with Crippen LogP contribution in [0, 0.1) is 0 Å². The van der Waals surface area contributed by atoms with E-state index in [2.05, 4.69) is 18.9 Å². The number of hydrogen-bond acceptors (Lipinski definition) is 4. The summed E-state index contributed by atoms with van der Waals surface area (Å²) in [5, 5.41) is 0. The molecule has 0 aromatic heterocycles. The van der Waals surface area contributed by atoms with Crippen molar-refractivity contribution in [2.45, 2.75) is 25.8 Å². The highest BCUT2D eigenvalue weighted by Gasteiger charge is 2.06. The van der Waals surface area contributed by atoms with E-state index < -0.39 is 0 Å². The van der Waals surface area contributed by atoms with Gasteiger partial charge in [0.05, 0.1) is 6.61 Å². The summed E-state index contributed by atoms with van der Waals surface area (Å²) in [6.07, 6.45) is 2.01. The molecule has 4 heteroatoms. The molecule has 1 atom stereocenters. The van der Waals surface area contributed by atoms with E-state index in [0.717, 1.165) is 45.8 Å². The molecule has 0 heterocycles. The minimum absolute atomic E-state index is 0.539. The summed E-state index contributed by atoms with van der Waals surface area (Å²) in [7, 11) is 3.82. The molecular weight excluding hydrogens is 192 g/mol. The molecule has 0 amide bonds. The summed E-state index contributed by atoms with van der Waals surface area (Å²) >= 11 is 0. The van der Waals surface area contributed by atoms with Gasteiger partial charge in [0.25, 0.3) is 0 Å². The number of hydrogen-bond donors (Lipinski definition) is 1. The molecule has 0 radical (unpaired) electrons. The van der Waals surface area contributed by atoms with E-state index in [1.54, 1.807) is 7.11 Å². The van der Waals surface area contributed by atoms with Gasteiger partial charge in [-0.3, -0.25) is 0 Å². The fourth-order valence-corrected chi connectivity index (χ4v) is 1.30. The van der Waals surface area contributed by atoms with Crippen LogP contribution in [0.4, 0.5) is 0 Å². The fourth-order valence-electron chi connectivity index (χ4n) is 1.30. The average Bonchev–Trinajstić information content (AvgIpc) is 2.23. The van der Waals surface area contributed by atoms with Gasteiger partial charge in [-0.15, -0.1) is 0 Å². The van der Waals surface area contributed by atoms with E-state index >= 15 is 0 Å². The van der Waals surface area contributed by atoms with Crippen LogP contribution < -0.4 is 5.73 Å². The van der Waals surface area contributed by atoms with Crippen molar-refractivity contribution >= 4 is 0 Å². The molecule has 0 fully saturated rings. The topological polar surface area (TPSA) is 47.7 Å². The number of nitrogens with two attached hydrogens (primary N) is 1. The van der Waals surface area contributed by atoms with Crippen LogP contribution in [0.25, 0.3) is 0 Å². The van der Waals surface area contributed by atoms with Gasteiger partial charge < -0.3 is 20.1 Å². The number of methoxy groups -OCH3 is 1. The molecule has 92 valence electrons. The highest BCUT2D eigenvalue weighted by atomic mass is 16.5. The summed E-state index contributed by atoms with van der Waals surface area (Å²) in [6, 6.07) is 0.539. The maximum absolute atomic E-state index is 5.51. The van der Waals surface area contributed by atoms with Crippen LogP contribution in [-0.4, -0.2) is 58.0 Å². The smallest absolute Gasteiger partial charge is 0.0593 e. The van der Waals surface area contributed by atoms with E-state index in [-0.39, 0.29) is 0 Å². The summed E-state index contributed by atoms with van der Waals surface area (Å²) in [5.41, 5.74) is 5.51. The van der Waals surface area contributed by atoms with Crippen LogP contribution in [0.1, 0.15) is 19.8 Å². The van der Waals surface area contributed by atoms with Crippen LogP contribution >= 0.6 is 0 Å². The second kappa shape index (κ2) is 10.4. The molecule has 0 aliphatic heterocycles. The normalized spacial score (nSPS) is 13.4. The molecule has 0 spiro atoms. The van der Waals surface area contributed by atoms with E-state index in [4.69, 9.17) is 15.2 Å². The molecule has 0 saturated carbocycles. The Labute approximate surface area is 93.7 Å². The first-order chi connectivity index (χ1) is 7.22. The third-order valence-electron chi connectivity index (χ3n) is 2.56. The molecule has 0 rings (SSSR count). The molecule has 0 aromatic rings. The fraction of sp³-hybridized carbons (Fsp3) is 1.00. The van der Waals surface area contributed by atoms with E-state index in [9.17, 15) is 0 Å². The standard InChI is InChI=1S/C11H26N2O2/c1-11(5-6-12)13(2)7-10-15-9-4-8-14-3/h11H,4-10,12H2,1-3H3. The van der Waals surface area contributed by atoms with Crippen molar-refractivity contribution in [3.05, 3.63) is 0 Å². The highest BCUT2D eigenvalue weighted by molar-refractivity contribution is 4.62. The number of ether oxygens (including phenoxy) is 2. The Hall–Kier alpha value is -0.160. The zero-order valence-corrected chi connectivity index (χ0v) is 10.4. The maximum Gasteiger partial charge on any atom is 0.0593 e. The monoisotopic (exact) mass is 218 g/mol. The first-order valence-corrected chi connectivity index (χ1v) is 5.69. The summed E-state index contributed by atoms with van der Waals surface area (Å²) in [4.78, 5) is 2.28. The van der Waals surface area contributed by atoms with Crippen molar-refractivity contribution in [2.75, 3.05) is 47.1 Å². The molecule has 15 heavy (non-hydrogen) atoms. The van der Waals surface area contributed by atoms with Gasteiger partial charge in [-0.25, -0.2) is 0 Å². The molecular formula is C11H26N2O2. The summed E-state index contributed by atoms with van der Waals surface area (Å²) in [6.45, 7) is 6.26. The second-order valence-corrected chi connectivity index (χ2v) is 3.87. The van der Waals surface area contributed by atoms with E-state index in [1.807, 2.05) is 0 Å². The lowest BCUT2D eigenvalue weighted by atomic mass is 10.2. The van der Waals surface area contributed by atoms with Crippen molar-refractivity contribution in [3.63, 3.8) is 0 Å². The molecule has 0 aliphatic carbocycles. The van der Waals surface area contributed by atoms with Gasteiger partial charge in [0.2, 0.25) is 0 Å². The third-order valence-corrected chi connectivity index (χ3v) is 2.56. The zero-order chi connectivity index (χ0) is 11.5. The van der Waals surface area contributed by atoms with Crippen molar-refractivity contribution in [1.82, 2.24) is 4.90 Å². The quantitative estimate of drug-likeness (QED) is 0.549. The molecule has 0 aliphatic rings. The maximum atomic E-state index is 5.51. The van der Waals surface area contributed by atoms with Gasteiger partial charge >= 0.3 is 0 Å². The Bertz CT molecular complexity index is 134. The Kier molecular flexibility index (Phi) is 10.3. The summed E-state index contributed by atoms with van der Waals surface area (Å²) < 4.78 is 10.4. The minimum Gasteiger partial charge on any atom is -0.385 e. The number of nitrogens with zero attached hydrogens (tertiary/aromatic N) is 1. The Morgan fingerprint density at radius 2 is 2.00 bits per heavy atom. The van der Waals surface area contributed by atoms with E-state index in [1.165, 1.54) is 0 Å². The van der Waals surface area contributed by atoms with Gasteiger partial charge in [-0.2, -0.15) is 0 Å². The van der Waals surface area contributed by atoms with Crippen molar-refractivity contribution < 1.29 is 9.47 Å². The van der Waals surface area contributed by atoms with E-state index in [0.29, 0.717) is 6.04 Å². The molecule has 4 nitrogen and oxygen atoms in total. The van der Waals surface area contributed by atoms with Crippen LogP contribution in [0.5, 0.6) is 0 Å². The zero-order valence-electron chi connectivity index (χ0n) is 10.4. The van der Waals surface area contributed by atoms with Gasteiger partial charge in [-0.05, 0) is 33.4 Å². The predicted octanol–water partition coefficient (Wildman–Crippen LogP) is 0.709. The third kappa shape index (κ3) is 8.81. The average molecular weight is 218 g/mol. The van der Waals surface area contributed by atoms with Crippen molar-refractivity contribution in [1.29, 1.82) is 0 Å². The van der Waals surface area contributed by atoms with Crippen LogP contribution in [0.2, 0.25) is 0 Å². The molecule has 0 bridgehead atoms. The predicted molar refractivity (Wildman–Crippen MR) is 63.1 cm³/mol. The SMILES string of the molecule is COCCCOCCN(C)C(C)CCN. The molecule has 2 N–H and O–H groups in total. The van der Waals surface area contributed by atoms with Crippen LogP contribution in [0.15, 0.2) is 0 Å². The van der Waals surface area contributed by atoms with Crippen molar-refractivity contribution in [3.8, 4) is 0 Å². The summed E-state index contributed by atoms with van der Waals surface area (Å²) in [5.74, 6) is 0. The molecule has 0 aromatic carbocycles.